The van der Waals surface area contributed by atoms with Gasteiger partial charge in [0.05, 0.1) is 30.0 Å². The molecule has 1 aromatic carbocycles. The van der Waals surface area contributed by atoms with Crippen molar-refractivity contribution in [3.8, 4) is 0 Å². The van der Waals surface area contributed by atoms with Crippen molar-refractivity contribution in [3.05, 3.63) is 46.8 Å². The highest BCUT2D eigenvalue weighted by molar-refractivity contribution is 7.85. The van der Waals surface area contributed by atoms with Gasteiger partial charge in [0.1, 0.15) is 0 Å². The molecule has 2 aromatic rings. The fraction of sp³-hybridized carbons (Fsp3) is 0.308. The highest BCUT2D eigenvalue weighted by Crippen LogP contribution is 2.37. The van der Waals surface area contributed by atoms with Gasteiger partial charge >= 0.3 is 22.5 Å². The quantitative estimate of drug-likeness (QED) is 0.604. The predicted molar refractivity (Wildman–Crippen MR) is 73.5 cm³/mol. The molecule has 2 rings (SSSR count). The number of halogens is 6. The van der Waals surface area contributed by atoms with Crippen molar-refractivity contribution < 1.29 is 44.4 Å². The van der Waals surface area contributed by atoms with Gasteiger partial charge in [-0.05, 0) is 17.7 Å². The van der Waals surface area contributed by atoms with Gasteiger partial charge in [-0.2, -0.15) is 34.8 Å². The lowest BCUT2D eigenvalue weighted by Crippen LogP contribution is -2.16. The minimum atomic E-state index is -5.14. The van der Waals surface area contributed by atoms with Crippen molar-refractivity contribution in [2.75, 3.05) is 0 Å². The summed E-state index contributed by atoms with van der Waals surface area (Å²) < 4.78 is 110. The van der Waals surface area contributed by atoms with Gasteiger partial charge in [0.2, 0.25) is 0 Å². The summed E-state index contributed by atoms with van der Waals surface area (Å²) in [6, 6.07) is 0.881. The van der Waals surface area contributed by atoms with E-state index in [1.807, 2.05) is 0 Å². The fourth-order valence-corrected chi connectivity index (χ4v) is 2.83. The van der Waals surface area contributed by atoms with Gasteiger partial charge in [-0.3, -0.25) is 4.55 Å². The van der Waals surface area contributed by atoms with Crippen LogP contribution < -0.4 is 0 Å². The molecular formula is C13H10F6N2O4S. The Hall–Kier alpha value is -2.12. The molecule has 0 aliphatic heterocycles. The van der Waals surface area contributed by atoms with Crippen LogP contribution in [0.4, 0.5) is 26.3 Å². The van der Waals surface area contributed by atoms with Gasteiger partial charge in [-0.25, -0.2) is 4.98 Å². The lowest BCUT2D eigenvalue weighted by molar-refractivity contribution is -0.143. The van der Waals surface area contributed by atoms with E-state index in [2.05, 4.69) is 4.98 Å². The van der Waals surface area contributed by atoms with E-state index in [4.69, 9.17) is 9.66 Å². The van der Waals surface area contributed by atoms with E-state index < -0.39 is 57.5 Å². The van der Waals surface area contributed by atoms with Crippen molar-refractivity contribution in [1.29, 1.82) is 0 Å². The van der Waals surface area contributed by atoms with Crippen LogP contribution in [0.5, 0.6) is 0 Å². The summed E-state index contributed by atoms with van der Waals surface area (Å²) in [6.07, 6.45) is -9.28. The number of imidazole rings is 1. The molecular weight excluding hydrogens is 394 g/mol. The monoisotopic (exact) mass is 404 g/mol. The fourth-order valence-electron chi connectivity index (χ4n) is 2.18. The molecule has 0 bridgehead atoms. The average molecular weight is 404 g/mol. The van der Waals surface area contributed by atoms with E-state index in [0.717, 1.165) is 6.20 Å². The van der Waals surface area contributed by atoms with Crippen LogP contribution in [0.1, 0.15) is 22.4 Å². The second-order valence-corrected chi connectivity index (χ2v) is 6.46. The first kappa shape index (κ1) is 20.2. The van der Waals surface area contributed by atoms with Gasteiger partial charge in [0.25, 0.3) is 5.16 Å². The minimum absolute atomic E-state index is 0.0909. The molecule has 0 amide bonds. The first-order valence-electron chi connectivity index (χ1n) is 6.65. The van der Waals surface area contributed by atoms with Crippen LogP contribution in [0, 0.1) is 0 Å². The number of rotatable bonds is 4. The number of hydrogen-bond acceptors (Lipinski definition) is 4. The van der Waals surface area contributed by atoms with Gasteiger partial charge in [-0.1, -0.05) is 6.07 Å². The molecule has 0 atom stereocenters. The van der Waals surface area contributed by atoms with Crippen LogP contribution in [0.15, 0.2) is 29.6 Å². The summed E-state index contributed by atoms with van der Waals surface area (Å²) in [5.41, 5.74) is -4.09. The highest BCUT2D eigenvalue weighted by atomic mass is 32.2. The number of benzene rings is 1. The maximum absolute atomic E-state index is 13.1. The SMILES string of the molecule is O=S(=O)(O)c1nc(CO)cn1Cc1ccc(C(F)(F)F)cc1C(F)(F)F. The predicted octanol–water partition coefficient (Wildman–Crippen LogP) is 2.71. The molecule has 0 aliphatic rings. The second kappa shape index (κ2) is 6.55. The summed E-state index contributed by atoms with van der Waals surface area (Å²) in [5.74, 6) is 0. The summed E-state index contributed by atoms with van der Waals surface area (Å²) in [4.78, 5) is 3.36. The lowest BCUT2D eigenvalue weighted by Gasteiger charge is -2.16. The van der Waals surface area contributed by atoms with Crippen molar-refractivity contribution in [2.45, 2.75) is 30.7 Å². The van der Waals surface area contributed by atoms with Gasteiger partial charge in [0, 0.05) is 6.20 Å². The molecule has 0 saturated heterocycles. The summed E-state index contributed by atoms with van der Waals surface area (Å²) in [7, 11) is -4.94. The Kier molecular flexibility index (Phi) is 5.09. The third-order valence-corrected chi connectivity index (χ3v) is 4.05. The standard InChI is InChI=1S/C13H10F6N2O4S/c14-12(15,16)8-2-1-7(10(3-8)13(17,18)19)4-21-5-9(6-22)20-11(21)26(23,24)25/h1-3,5,22H,4,6H2,(H,23,24,25). The van der Waals surface area contributed by atoms with E-state index in [1.54, 1.807) is 0 Å². The van der Waals surface area contributed by atoms with Crippen LogP contribution in [0.3, 0.4) is 0 Å². The Morgan fingerprint density at radius 3 is 2.15 bits per heavy atom. The van der Waals surface area contributed by atoms with E-state index >= 15 is 0 Å². The van der Waals surface area contributed by atoms with Crippen molar-refractivity contribution in [3.63, 3.8) is 0 Å². The van der Waals surface area contributed by atoms with Crippen LogP contribution >= 0.6 is 0 Å². The Bertz CT molecular complexity index is 918. The number of aliphatic hydroxyl groups is 1. The Morgan fingerprint density at radius 1 is 1.08 bits per heavy atom. The molecule has 1 aromatic heterocycles. The van der Waals surface area contributed by atoms with Crippen molar-refractivity contribution >= 4 is 10.1 Å². The molecule has 0 spiro atoms. The molecule has 144 valence electrons. The summed E-state index contributed by atoms with van der Waals surface area (Å²) >= 11 is 0. The Balaban J connectivity index is 2.59. The zero-order valence-electron chi connectivity index (χ0n) is 12.5. The Labute approximate surface area is 142 Å². The van der Waals surface area contributed by atoms with Crippen LogP contribution in [0.25, 0.3) is 0 Å². The molecule has 0 radical (unpaired) electrons. The van der Waals surface area contributed by atoms with Gasteiger partial charge < -0.3 is 9.67 Å². The number of hydrogen-bond donors (Lipinski definition) is 2. The third-order valence-electron chi connectivity index (χ3n) is 3.27. The maximum Gasteiger partial charge on any atom is 0.416 e. The number of alkyl halides is 6. The van der Waals surface area contributed by atoms with E-state index in [0.29, 0.717) is 16.7 Å². The first-order chi connectivity index (χ1) is 11.7. The maximum atomic E-state index is 13.1. The second-order valence-electron chi connectivity index (χ2n) is 5.14. The molecule has 0 unspecified atom stereocenters. The van der Waals surface area contributed by atoms with E-state index in [1.165, 1.54) is 0 Å². The number of aliphatic hydroxyl groups excluding tert-OH is 1. The van der Waals surface area contributed by atoms with E-state index in [-0.39, 0.29) is 11.8 Å². The third kappa shape index (κ3) is 4.34. The molecule has 6 nitrogen and oxygen atoms in total. The van der Waals surface area contributed by atoms with Crippen molar-refractivity contribution in [1.82, 2.24) is 9.55 Å². The smallest absolute Gasteiger partial charge is 0.390 e. The van der Waals surface area contributed by atoms with Gasteiger partial charge in [0.15, 0.2) is 0 Å². The zero-order chi connectivity index (χ0) is 19.9. The lowest BCUT2D eigenvalue weighted by atomic mass is 10.0. The van der Waals surface area contributed by atoms with Crippen molar-refractivity contribution in [2.24, 2.45) is 0 Å². The molecule has 0 fully saturated rings. The Morgan fingerprint density at radius 2 is 1.69 bits per heavy atom. The minimum Gasteiger partial charge on any atom is -0.390 e. The van der Waals surface area contributed by atoms with Crippen LogP contribution in [-0.4, -0.2) is 27.6 Å². The molecule has 13 heteroatoms. The normalized spacial score (nSPS) is 13.2. The molecule has 1 heterocycles. The van der Waals surface area contributed by atoms with Crippen LogP contribution in [-0.2, 0) is 35.6 Å². The van der Waals surface area contributed by atoms with E-state index in [9.17, 15) is 34.8 Å². The molecule has 0 saturated carbocycles. The van der Waals surface area contributed by atoms with Gasteiger partial charge in [-0.15, -0.1) is 0 Å². The van der Waals surface area contributed by atoms with Crippen LogP contribution in [0.2, 0.25) is 0 Å². The number of nitrogens with zero attached hydrogens (tertiary/aromatic N) is 2. The highest BCUT2D eigenvalue weighted by Gasteiger charge is 2.38. The average Bonchev–Trinajstić information content (AvgIpc) is 2.88. The zero-order valence-corrected chi connectivity index (χ0v) is 13.3. The molecule has 26 heavy (non-hydrogen) atoms. The summed E-state index contributed by atoms with van der Waals surface area (Å²) in [6.45, 7) is -1.62. The number of aromatic nitrogens is 2. The summed E-state index contributed by atoms with van der Waals surface area (Å²) in [5, 5.41) is 7.91. The molecule has 0 aliphatic carbocycles. The first-order valence-corrected chi connectivity index (χ1v) is 8.09. The molecule has 2 N–H and O–H groups in total. The topological polar surface area (TPSA) is 92.4 Å². The largest absolute Gasteiger partial charge is 0.416 e.